The largest absolute Gasteiger partial charge is 0.378 e. The standard InChI is InChI=1S/C17H19FN2O2/c1-20-15-5-12(6-16(20)10-22-9-15)17(21)7-11-2-3-14(18)4-13(11)8-19/h2-4,12,15-16H,5-7,9-10H2,1H3. The van der Waals surface area contributed by atoms with E-state index in [1.54, 1.807) is 6.07 Å². The molecule has 2 aliphatic rings. The van der Waals surface area contributed by atoms with Gasteiger partial charge in [0.25, 0.3) is 0 Å². The average Bonchev–Trinajstić information content (AvgIpc) is 2.48. The van der Waals surface area contributed by atoms with E-state index in [0.717, 1.165) is 12.8 Å². The Morgan fingerprint density at radius 1 is 1.41 bits per heavy atom. The predicted molar refractivity (Wildman–Crippen MR) is 78.7 cm³/mol. The van der Waals surface area contributed by atoms with Crippen LogP contribution in [0.5, 0.6) is 0 Å². The van der Waals surface area contributed by atoms with E-state index >= 15 is 0 Å². The Balaban J connectivity index is 1.72. The van der Waals surface area contributed by atoms with Crippen molar-refractivity contribution < 1.29 is 13.9 Å². The van der Waals surface area contributed by atoms with Crippen LogP contribution in [-0.4, -0.2) is 43.0 Å². The fraction of sp³-hybridized carbons (Fsp3) is 0.529. The van der Waals surface area contributed by atoms with Crippen molar-refractivity contribution in [3.8, 4) is 6.07 Å². The Morgan fingerprint density at radius 3 is 2.73 bits per heavy atom. The maximum absolute atomic E-state index is 13.2. The second kappa shape index (κ2) is 6.15. The number of hydrogen-bond donors (Lipinski definition) is 0. The van der Waals surface area contributed by atoms with Gasteiger partial charge in [0.2, 0.25) is 0 Å². The number of nitriles is 1. The zero-order valence-corrected chi connectivity index (χ0v) is 12.6. The van der Waals surface area contributed by atoms with E-state index in [-0.39, 0.29) is 23.7 Å². The third kappa shape index (κ3) is 2.90. The fourth-order valence-corrected chi connectivity index (χ4v) is 3.50. The van der Waals surface area contributed by atoms with Gasteiger partial charge >= 0.3 is 0 Å². The van der Waals surface area contributed by atoms with Gasteiger partial charge in [-0.3, -0.25) is 9.69 Å². The number of ether oxygens (including phenoxy) is 1. The van der Waals surface area contributed by atoms with Gasteiger partial charge < -0.3 is 4.74 Å². The maximum Gasteiger partial charge on any atom is 0.140 e. The monoisotopic (exact) mass is 302 g/mol. The van der Waals surface area contributed by atoms with Crippen LogP contribution in [0.25, 0.3) is 0 Å². The lowest BCUT2D eigenvalue weighted by atomic mass is 9.81. The van der Waals surface area contributed by atoms with Gasteiger partial charge in [-0.15, -0.1) is 0 Å². The van der Waals surface area contributed by atoms with Crippen LogP contribution >= 0.6 is 0 Å². The zero-order valence-electron chi connectivity index (χ0n) is 12.6. The van der Waals surface area contributed by atoms with E-state index in [4.69, 9.17) is 10.00 Å². The molecule has 4 nitrogen and oxygen atoms in total. The fourth-order valence-electron chi connectivity index (χ4n) is 3.50. The molecule has 0 radical (unpaired) electrons. The van der Waals surface area contributed by atoms with Crippen molar-refractivity contribution in [2.45, 2.75) is 31.3 Å². The number of halogens is 1. The van der Waals surface area contributed by atoms with Crippen molar-refractivity contribution >= 4 is 5.78 Å². The molecule has 0 amide bonds. The highest BCUT2D eigenvalue weighted by molar-refractivity contribution is 5.84. The summed E-state index contributed by atoms with van der Waals surface area (Å²) < 4.78 is 18.7. The van der Waals surface area contributed by atoms with Crippen molar-refractivity contribution in [1.82, 2.24) is 4.90 Å². The summed E-state index contributed by atoms with van der Waals surface area (Å²) in [5.41, 5.74) is 0.874. The van der Waals surface area contributed by atoms with Crippen LogP contribution in [0.4, 0.5) is 4.39 Å². The smallest absolute Gasteiger partial charge is 0.140 e. The average molecular weight is 302 g/mol. The Labute approximate surface area is 129 Å². The maximum atomic E-state index is 13.2. The number of likely N-dealkylation sites (N-methyl/N-ethyl adjacent to an activating group) is 1. The summed E-state index contributed by atoms with van der Waals surface area (Å²) in [5.74, 6) is -0.293. The molecule has 2 saturated heterocycles. The van der Waals surface area contributed by atoms with Crippen LogP contribution < -0.4 is 0 Å². The molecule has 2 unspecified atom stereocenters. The van der Waals surface area contributed by atoms with Crippen molar-refractivity contribution in [3.05, 3.63) is 35.1 Å². The van der Waals surface area contributed by atoms with Gasteiger partial charge in [0.1, 0.15) is 11.6 Å². The molecular weight excluding hydrogens is 283 g/mol. The molecule has 0 aromatic heterocycles. The summed E-state index contributed by atoms with van der Waals surface area (Å²) in [6.45, 7) is 1.35. The van der Waals surface area contributed by atoms with E-state index in [1.165, 1.54) is 12.1 Å². The second-order valence-electron chi connectivity index (χ2n) is 6.24. The van der Waals surface area contributed by atoms with Crippen molar-refractivity contribution in [2.24, 2.45) is 5.92 Å². The van der Waals surface area contributed by atoms with Gasteiger partial charge in [0.15, 0.2) is 0 Å². The Bertz CT molecular complexity index is 612. The quantitative estimate of drug-likeness (QED) is 0.856. The third-order valence-electron chi connectivity index (χ3n) is 4.90. The minimum absolute atomic E-state index is 0.00620. The first-order valence-corrected chi connectivity index (χ1v) is 7.59. The number of rotatable bonds is 3. The highest BCUT2D eigenvalue weighted by Gasteiger charge is 2.39. The summed E-state index contributed by atoms with van der Waals surface area (Å²) in [4.78, 5) is 14.9. The molecule has 2 aliphatic heterocycles. The Hall–Kier alpha value is -1.77. The zero-order chi connectivity index (χ0) is 15.7. The molecule has 2 atom stereocenters. The number of hydrogen-bond acceptors (Lipinski definition) is 4. The topological polar surface area (TPSA) is 53.3 Å². The summed E-state index contributed by atoms with van der Waals surface area (Å²) in [5, 5.41) is 9.08. The van der Waals surface area contributed by atoms with Gasteiger partial charge in [-0.1, -0.05) is 6.07 Å². The van der Waals surface area contributed by atoms with Crippen molar-refractivity contribution in [3.63, 3.8) is 0 Å². The first-order chi connectivity index (χ1) is 10.6. The molecule has 1 aromatic rings. The van der Waals surface area contributed by atoms with Gasteiger partial charge in [-0.25, -0.2) is 4.39 Å². The molecule has 0 spiro atoms. The van der Waals surface area contributed by atoms with Crippen LogP contribution in [0, 0.1) is 23.1 Å². The molecule has 3 rings (SSSR count). The lowest BCUT2D eigenvalue weighted by molar-refractivity contribution is -0.130. The van der Waals surface area contributed by atoms with Crippen LogP contribution in [0.2, 0.25) is 0 Å². The van der Waals surface area contributed by atoms with Crippen molar-refractivity contribution in [2.75, 3.05) is 20.3 Å². The number of nitrogens with zero attached hydrogens (tertiary/aromatic N) is 2. The molecule has 5 heteroatoms. The number of carbonyl (C=O) groups is 1. The molecule has 116 valence electrons. The van der Waals surface area contributed by atoms with Crippen LogP contribution in [0.1, 0.15) is 24.0 Å². The number of carbonyl (C=O) groups excluding carboxylic acids is 1. The minimum atomic E-state index is -0.446. The van der Waals surface area contributed by atoms with E-state index in [2.05, 4.69) is 11.9 Å². The van der Waals surface area contributed by atoms with Crippen LogP contribution in [0.15, 0.2) is 18.2 Å². The predicted octanol–water partition coefficient (Wildman–Crippen LogP) is 1.92. The van der Waals surface area contributed by atoms with E-state index in [0.29, 0.717) is 30.9 Å². The Kier molecular flexibility index (Phi) is 4.23. The normalized spacial score (nSPS) is 28.1. The lowest BCUT2D eigenvalue weighted by Gasteiger charge is -2.46. The van der Waals surface area contributed by atoms with Gasteiger partial charge in [-0.2, -0.15) is 5.26 Å². The second-order valence-corrected chi connectivity index (χ2v) is 6.24. The molecule has 0 saturated carbocycles. The number of Topliss-reactive ketones (excluding diaryl/α,β-unsaturated/α-hetero) is 1. The Morgan fingerprint density at radius 2 is 2.09 bits per heavy atom. The summed E-state index contributed by atoms with van der Waals surface area (Å²) in [6.07, 6.45) is 1.81. The molecule has 0 aliphatic carbocycles. The van der Waals surface area contributed by atoms with Gasteiger partial charge in [-0.05, 0) is 37.6 Å². The lowest BCUT2D eigenvalue weighted by Crippen LogP contribution is -2.56. The number of benzene rings is 1. The van der Waals surface area contributed by atoms with Crippen LogP contribution in [0.3, 0.4) is 0 Å². The van der Waals surface area contributed by atoms with Gasteiger partial charge in [0, 0.05) is 24.4 Å². The van der Waals surface area contributed by atoms with E-state index in [9.17, 15) is 9.18 Å². The SMILES string of the molecule is CN1C2COCC1CC(C(=O)Cc1ccc(F)cc1C#N)C2. The highest BCUT2D eigenvalue weighted by atomic mass is 19.1. The number of morpholine rings is 1. The number of ketones is 1. The molecule has 2 heterocycles. The van der Waals surface area contributed by atoms with E-state index in [1.807, 2.05) is 6.07 Å². The number of fused-ring (bicyclic) bond motifs is 2. The molecule has 2 bridgehead atoms. The minimum Gasteiger partial charge on any atom is -0.378 e. The molecule has 2 fully saturated rings. The third-order valence-corrected chi connectivity index (χ3v) is 4.90. The van der Waals surface area contributed by atoms with Crippen molar-refractivity contribution in [1.29, 1.82) is 5.26 Å². The molecule has 1 aromatic carbocycles. The molecular formula is C17H19FN2O2. The van der Waals surface area contributed by atoms with Crippen LogP contribution in [-0.2, 0) is 16.0 Å². The summed E-state index contributed by atoms with van der Waals surface area (Å²) in [6, 6.07) is 6.61. The number of piperidine rings is 1. The molecule has 0 N–H and O–H groups in total. The molecule has 22 heavy (non-hydrogen) atoms. The van der Waals surface area contributed by atoms with E-state index < -0.39 is 5.82 Å². The first kappa shape index (κ1) is 15.1. The first-order valence-electron chi connectivity index (χ1n) is 7.59. The van der Waals surface area contributed by atoms with Gasteiger partial charge in [0.05, 0.1) is 24.8 Å². The highest BCUT2D eigenvalue weighted by Crippen LogP contribution is 2.31. The summed E-state index contributed by atoms with van der Waals surface area (Å²) in [7, 11) is 2.09. The summed E-state index contributed by atoms with van der Waals surface area (Å²) >= 11 is 0.